The zero-order valence-electron chi connectivity index (χ0n) is 22.5. The minimum Gasteiger partial charge on any atom is -0.341 e. The van der Waals surface area contributed by atoms with E-state index in [1.54, 1.807) is 28.0 Å². The summed E-state index contributed by atoms with van der Waals surface area (Å²) in [6.07, 6.45) is 2.03. The summed E-state index contributed by atoms with van der Waals surface area (Å²) in [4.78, 5) is 32.2. The van der Waals surface area contributed by atoms with E-state index in [1.165, 1.54) is 10.4 Å². The van der Waals surface area contributed by atoms with Gasteiger partial charge in [0, 0.05) is 29.1 Å². The molecular formula is C31H32N4O2S2. The molecule has 0 saturated carbocycles. The summed E-state index contributed by atoms with van der Waals surface area (Å²) in [5, 5.41) is 7.27. The van der Waals surface area contributed by atoms with Gasteiger partial charge in [-0.15, -0.1) is 23.1 Å². The molecule has 2 aliphatic heterocycles. The van der Waals surface area contributed by atoms with Crippen LogP contribution in [-0.4, -0.2) is 51.9 Å². The number of aryl methyl sites for hydroxylation is 3. The quantitative estimate of drug-likeness (QED) is 0.289. The highest BCUT2D eigenvalue weighted by Gasteiger charge is 2.39. The molecule has 4 heterocycles. The van der Waals surface area contributed by atoms with E-state index in [4.69, 9.17) is 5.10 Å². The third kappa shape index (κ3) is 4.80. The van der Waals surface area contributed by atoms with E-state index in [1.807, 2.05) is 27.8 Å². The fraction of sp³-hybridized carbons (Fsp3) is 0.323. The van der Waals surface area contributed by atoms with Gasteiger partial charge in [0.05, 0.1) is 22.4 Å². The summed E-state index contributed by atoms with van der Waals surface area (Å²) in [6, 6.07) is 18.6. The third-order valence-electron chi connectivity index (χ3n) is 7.61. The van der Waals surface area contributed by atoms with Gasteiger partial charge in [-0.1, -0.05) is 48.0 Å². The van der Waals surface area contributed by atoms with Crippen molar-refractivity contribution < 1.29 is 9.59 Å². The molecule has 200 valence electrons. The Morgan fingerprint density at radius 1 is 1.00 bits per heavy atom. The van der Waals surface area contributed by atoms with Crippen LogP contribution in [0.4, 0.5) is 5.82 Å². The molecule has 0 aliphatic carbocycles. The van der Waals surface area contributed by atoms with E-state index >= 15 is 0 Å². The van der Waals surface area contributed by atoms with Crippen molar-refractivity contribution in [1.29, 1.82) is 0 Å². The number of hydrogen-bond acceptors (Lipinski definition) is 5. The Morgan fingerprint density at radius 3 is 2.46 bits per heavy atom. The van der Waals surface area contributed by atoms with E-state index < -0.39 is 0 Å². The second-order valence-electron chi connectivity index (χ2n) is 10.4. The average molecular weight is 557 g/mol. The molecule has 0 spiro atoms. The maximum Gasteiger partial charge on any atom is 0.242 e. The minimum absolute atomic E-state index is 0.00260. The van der Waals surface area contributed by atoms with Gasteiger partial charge in [0.1, 0.15) is 12.4 Å². The van der Waals surface area contributed by atoms with Gasteiger partial charge in [0.2, 0.25) is 11.8 Å². The first-order chi connectivity index (χ1) is 18.9. The first-order valence-corrected chi connectivity index (χ1v) is 15.3. The number of anilines is 1. The number of likely N-dealkylation sites (tertiary alicyclic amines) is 1. The van der Waals surface area contributed by atoms with Crippen LogP contribution in [0.2, 0.25) is 0 Å². The van der Waals surface area contributed by atoms with Crippen LogP contribution in [0.25, 0.3) is 16.9 Å². The molecule has 39 heavy (non-hydrogen) atoms. The van der Waals surface area contributed by atoms with Crippen LogP contribution in [0.15, 0.2) is 60.0 Å². The Kier molecular flexibility index (Phi) is 7.08. The van der Waals surface area contributed by atoms with Crippen molar-refractivity contribution in [2.75, 3.05) is 30.3 Å². The van der Waals surface area contributed by atoms with Crippen molar-refractivity contribution in [2.45, 2.75) is 38.9 Å². The fourth-order valence-corrected chi connectivity index (χ4v) is 8.07. The van der Waals surface area contributed by atoms with Gasteiger partial charge < -0.3 is 4.90 Å². The maximum absolute atomic E-state index is 13.9. The molecule has 1 atom stereocenters. The SMILES string of the molecule is Cc1ccc(-n2nc(-c3ccccc3)c3c2N(CC(=O)N2CCCC2)C(=O)CSC3c2sccc2C)c(C)c1. The Balaban J connectivity index is 1.63. The van der Waals surface area contributed by atoms with Crippen LogP contribution in [0, 0.1) is 20.8 Å². The average Bonchev–Trinajstić information content (AvgIpc) is 3.68. The number of nitrogens with zero attached hydrogens (tertiary/aromatic N) is 4. The molecule has 6 nitrogen and oxygen atoms in total. The number of benzene rings is 2. The molecule has 2 amide bonds. The molecule has 6 rings (SSSR count). The Morgan fingerprint density at radius 2 is 1.77 bits per heavy atom. The lowest BCUT2D eigenvalue weighted by Crippen LogP contribution is -2.43. The zero-order valence-corrected chi connectivity index (χ0v) is 24.1. The maximum atomic E-state index is 13.9. The van der Waals surface area contributed by atoms with E-state index in [-0.39, 0.29) is 23.6 Å². The summed E-state index contributed by atoms with van der Waals surface area (Å²) in [6.45, 7) is 7.81. The highest BCUT2D eigenvalue weighted by molar-refractivity contribution is 8.00. The van der Waals surface area contributed by atoms with Crippen molar-refractivity contribution in [3.05, 3.63) is 87.1 Å². The molecule has 8 heteroatoms. The summed E-state index contributed by atoms with van der Waals surface area (Å²) < 4.78 is 1.92. The van der Waals surface area contributed by atoms with E-state index in [9.17, 15) is 9.59 Å². The first kappa shape index (κ1) is 25.9. The van der Waals surface area contributed by atoms with Gasteiger partial charge in [-0.2, -0.15) is 5.10 Å². The molecule has 2 aliphatic rings. The van der Waals surface area contributed by atoms with Gasteiger partial charge >= 0.3 is 0 Å². The van der Waals surface area contributed by atoms with Gasteiger partial charge in [0.25, 0.3) is 0 Å². The number of rotatable bonds is 5. The summed E-state index contributed by atoms with van der Waals surface area (Å²) >= 11 is 3.35. The topological polar surface area (TPSA) is 58.4 Å². The van der Waals surface area contributed by atoms with Crippen molar-refractivity contribution in [2.24, 2.45) is 0 Å². The molecule has 0 radical (unpaired) electrons. The van der Waals surface area contributed by atoms with Crippen LogP contribution in [0.1, 0.15) is 45.2 Å². The monoisotopic (exact) mass is 556 g/mol. The predicted molar refractivity (Wildman–Crippen MR) is 160 cm³/mol. The molecule has 2 aromatic carbocycles. The number of carbonyl (C=O) groups is 2. The minimum atomic E-state index is -0.0782. The first-order valence-electron chi connectivity index (χ1n) is 13.4. The Labute approximate surface area is 237 Å². The van der Waals surface area contributed by atoms with E-state index in [2.05, 4.69) is 62.5 Å². The number of carbonyl (C=O) groups excluding carboxylic acids is 2. The van der Waals surface area contributed by atoms with Crippen LogP contribution in [0.5, 0.6) is 0 Å². The summed E-state index contributed by atoms with van der Waals surface area (Å²) in [7, 11) is 0. The molecule has 2 aromatic heterocycles. The largest absolute Gasteiger partial charge is 0.341 e. The highest BCUT2D eigenvalue weighted by atomic mass is 32.2. The van der Waals surface area contributed by atoms with Crippen molar-refractivity contribution in [3.8, 4) is 16.9 Å². The Hall–Kier alpha value is -3.36. The fourth-order valence-electron chi connectivity index (χ4n) is 5.60. The van der Waals surface area contributed by atoms with Crippen LogP contribution in [0.3, 0.4) is 0 Å². The van der Waals surface area contributed by atoms with Crippen molar-refractivity contribution >= 4 is 40.7 Å². The lowest BCUT2D eigenvalue weighted by atomic mass is 10.0. The number of thiophene rings is 1. The van der Waals surface area contributed by atoms with E-state index in [0.29, 0.717) is 11.6 Å². The number of hydrogen-bond donors (Lipinski definition) is 0. The number of aromatic nitrogens is 2. The van der Waals surface area contributed by atoms with Crippen molar-refractivity contribution in [1.82, 2.24) is 14.7 Å². The smallest absolute Gasteiger partial charge is 0.242 e. The second kappa shape index (κ2) is 10.7. The molecule has 0 bridgehead atoms. The van der Waals surface area contributed by atoms with Gasteiger partial charge in [-0.3, -0.25) is 14.5 Å². The lowest BCUT2D eigenvalue weighted by molar-refractivity contribution is -0.130. The Bertz CT molecular complexity index is 1540. The van der Waals surface area contributed by atoms with Gasteiger partial charge in [-0.25, -0.2) is 4.68 Å². The van der Waals surface area contributed by atoms with E-state index in [0.717, 1.165) is 59.6 Å². The lowest BCUT2D eigenvalue weighted by Gasteiger charge is -2.26. The summed E-state index contributed by atoms with van der Waals surface area (Å²) in [5.41, 5.74) is 7.20. The highest BCUT2D eigenvalue weighted by Crippen LogP contribution is 2.50. The number of thioether (sulfide) groups is 1. The van der Waals surface area contributed by atoms with Gasteiger partial charge in [-0.05, 0) is 62.3 Å². The molecule has 1 fully saturated rings. The van der Waals surface area contributed by atoms with Gasteiger partial charge in [0.15, 0.2) is 0 Å². The molecule has 0 N–H and O–H groups in total. The molecule has 4 aromatic rings. The third-order valence-corrected chi connectivity index (χ3v) is 10.1. The van der Waals surface area contributed by atoms with Crippen molar-refractivity contribution in [3.63, 3.8) is 0 Å². The molecule has 1 unspecified atom stereocenters. The number of amides is 2. The predicted octanol–water partition coefficient (Wildman–Crippen LogP) is 6.32. The second-order valence-corrected chi connectivity index (χ2v) is 12.4. The normalized spacial score (nSPS) is 17.4. The van der Waals surface area contributed by atoms with Crippen LogP contribution < -0.4 is 4.90 Å². The standard InChI is InChI=1S/C31H32N4O2S2/c1-20-11-12-24(22(3)17-20)35-31-27(28(32-35)23-9-5-4-6-10-23)30(29-21(2)13-16-38-29)39-19-26(37)34(31)18-25(36)33-14-7-8-15-33/h4-6,9-13,16-17,30H,7-8,14-15,18-19H2,1-3H3. The van der Waals surface area contributed by atoms with Crippen LogP contribution >= 0.6 is 23.1 Å². The molecular weight excluding hydrogens is 525 g/mol. The number of fused-ring (bicyclic) bond motifs is 1. The van der Waals surface area contributed by atoms with Crippen LogP contribution in [-0.2, 0) is 9.59 Å². The zero-order chi connectivity index (χ0) is 27.1. The molecule has 1 saturated heterocycles. The summed E-state index contributed by atoms with van der Waals surface area (Å²) in [5.74, 6) is 0.944.